The molecule has 1 N–H and O–H groups in total. The van der Waals surface area contributed by atoms with Crippen LogP contribution in [0.25, 0.3) is 0 Å². The number of rotatable bonds is 4. The first kappa shape index (κ1) is 19.0. The summed E-state index contributed by atoms with van der Waals surface area (Å²) in [5, 5.41) is 9.19. The zero-order chi connectivity index (χ0) is 16.6. The van der Waals surface area contributed by atoms with E-state index in [1.54, 1.807) is 0 Å². The zero-order valence-electron chi connectivity index (χ0n) is 11.3. The van der Waals surface area contributed by atoms with Crippen LogP contribution in [0.2, 0.25) is 0 Å². The van der Waals surface area contributed by atoms with Gasteiger partial charge in [-0.1, -0.05) is 13.8 Å². The average Bonchev–Trinajstić information content (AvgIpc) is 2.22. The fourth-order valence-electron chi connectivity index (χ4n) is 1.44. The number of halogens is 6. The third-order valence-corrected chi connectivity index (χ3v) is 3.06. The van der Waals surface area contributed by atoms with Gasteiger partial charge in [-0.25, -0.2) is 0 Å². The summed E-state index contributed by atoms with van der Waals surface area (Å²) in [6.45, 7) is 3.54. The van der Waals surface area contributed by atoms with E-state index in [1.807, 2.05) is 0 Å². The Hall–Kier alpha value is -0.990. The minimum absolute atomic E-state index is 0.172. The maximum Gasteiger partial charge on any atom is 0.430 e. The Bertz CT molecular complexity index is 344. The summed E-state index contributed by atoms with van der Waals surface area (Å²) in [7, 11) is 0. The van der Waals surface area contributed by atoms with Gasteiger partial charge in [0.2, 0.25) is 0 Å². The van der Waals surface area contributed by atoms with Crippen molar-refractivity contribution in [3.8, 4) is 0 Å². The summed E-state index contributed by atoms with van der Waals surface area (Å²) in [5.74, 6) is -2.13. The Morgan fingerprint density at radius 1 is 1.10 bits per heavy atom. The minimum atomic E-state index is -6.05. The summed E-state index contributed by atoms with van der Waals surface area (Å²) in [6, 6.07) is 0. The van der Waals surface area contributed by atoms with E-state index in [0.29, 0.717) is 13.8 Å². The number of hydrogen-bond acceptors (Lipinski definition) is 3. The monoisotopic (exact) mass is 310 g/mol. The van der Waals surface area contributed by atoms with Gasteiger partial charge < -0.3 is 9.84 Å². The van der Waals surface area contributed by atoms with Crippen molar-refractivity contribution >= 4 is 5.97 Å². The van der Waals surface area contributed by atoms with Crippen LogP contribution in [0.4, 0.5) is 26.3 Å². The molecule has 0 aromatic rings. The molecule has 0 spiro atoms. The van der Waals surface area contributed by atoms with Crippen LogP contribution in [0.5, 0.6) is 0 Å². The Morgan fingerprint density at radius 3 is 1.70 bits per heavy atom. The third kappa shape index (κ3) is 3.18. The molecule has 0 radical (unpaired) electrons. The Kier molecular flexibility index (Phi) is 5.15. The van der Waals surface area contributed by atoms with Gasteiger partial charge in [0.1, 0.15) is 0 Å². The van der Waals surface area contributed by atoms with E-state index in [0.717, 1.165) is 0 Å². The molecule has 0 aliphatic heterocycles. The lowest BCUT2D eigenvalue weighted by atomic mass is 9.84. The average molecular weight is 310 g/mol. The van der Waals surface area contributed by atoms with Crippen LogP contribution >= 0.6 is 0 Å². The predicted octanol–water partition coefficient (Wildman–Crippen LogP) is 3.21. The number of esters is 1. The van der Waals surface area contributed by atoms with Crippen molar-refractivity contribution in [3.05, 3.63) is 0 Å². The molecule has 0 saturated carbocycles. The van der Waals surface area contributed by atoms with Crippen molar-refractivity contribution in [2.24, 2.45) is 5.92 Å². The van der Waals surface area contributed by atoms with E-state index in [9.17, 15) is 36.2 Å². The van der Waals surface area contributed by atoms with Crippen LogP contribution < -0.4 is 0 Å². The van der Waals surface area contributed by atoms with Crippen LogP contribution in [0.15, 0.2) is 0 Å². The summed E-state index contributed by atoms with van der Waals surface area (Å²) >= 11 is 0. The standard InChI is InChI=1S/C11H16F6O3/c1-5-6(2)7(18)20-8(3,4)9(19,10(12,13)14)11(15,16)17/h6,19H,5H2,1-4H3/t6-/m0/s1. The molecule has 0 amide bonds. The molecule has 0 fully saturated rings. The Morgan fingerprint density at radius 2 is 1.45 bits per heavy atom. The number of carbonyl (C=O) groups is 1. The van der Waals surface area contributed by atoms with Crippen LogP contribution in [0.1, 0.15) is 34.1 Å². The topological polar surface area (TPSA) is 46.5 Å². The first-order chi connectivity index (χ1) is 8.62. The SMILES string of the molecule is CC[C@H](C)C(=O)OC(C)(C)C(O)(C(F)(F)F)C(F)(F)F. The summed E-state index contributed by atoms with van der Waals surface area (Å²) in [4.78, 5) is 11.4. The van der Waals surface area contributed by atoms with Crippen molar-refractivity contribution in [2.75, 3.05) is 0 Å². The molecule has 0 aromatic heterocycles. The molecule has 0 heterocycles. The fraction of sp³-hybridized carbons (Fsp3) is 0.909. The molecule has 1 atom stereocenters. The number of alkyl halides is 6. The second-order valence-electron chi connectivity index (χ2n) is 4.95. The highest BCUT2D eigenvalue weighted by Gasteiger charge is 2.78. The van der Waals surface area contributed by atoms with Crippen LogP contribution in [0.3, 0.4) is 0 Å². The number of aliphatic hydroxyl groups is 1. The lowest BCUT2D eigenvalue weighted by Crippen LogP contribution is -2.70. The number of hydrogen-bond donors (Lipinski definition) is 1. The highest BCUT2D eigenvalue weighted by atomic mass is 19.4. The van der Waals surface area contributed by atoms with Gasteiger partial charge in [-0.2, -0.15) is 26.3 Å². The molecule has 0 aliphatic carbocycles. The van der Waals surface area contributed by atoms with Gasteiger partial charge >= 0.3 is 18.3 Å². The van der Waals surface area contributed by atoms with E-state index in [4.69, 9.17) is 0 Å². The normalized spacial score (nSPS) is 15.9. The molecular weight excluding hydrogens is 294 g/mol. The van der Waals surface area contributed by atoms with E-state index >= 15 is 0 Å². The summed E-state index contributed by atoms with van der Waals surface area (Å²) in [5.41, 5.74) is -8.37. The molecule has 120 valence electrons. The maximum absolute atomic E-state index is 12.7. The molecule has 0 aliphatic rings. The van der Waals surface area contributed by atoms with Gasteiger partial charge in [-0.3, -0.25) is 4.79 Å². The molecule has 0 rings (SSSR count). The van der Waals surface area contributed by atoms with Crippen molar-refractivity contribution in [3.63, 3.8) is 0 Å². The Labute approximate surface area is 111 Å². The van der Waals surface area contributed by atoms with E-state index in [2.05, 4.69) is 4.74 Å². The van der Waals surface area contributed by atoms with E-state index in [1.165, 1.54) is 13.8 Å². The maximum atomic E-state index is 12.7. The second kappa shape index (κ2) is 5.42. The smallest absolute Gasteiger partial charge is 0.430 e. The number of carbonyl (C=O) groups excluding carboxylic acids is 1. The second-order valence-corrected chi connectivity index (χ2v) is 4.95. The minimum Gasteiger partial charge on any atom is -0.456 e. The van der Waals surface area contributed by atoms with Gasteiger partial charge in [0.15, 0.2) is 5.60 Å². The van der Waals surface area contributed by atoms with Gasteiger partial charge in [-0.05, 0) is 20.3 Å². The Balaban J connectivity index is 5.66. The van der Waals surface area contributed by atoms with Gasteiger partial charge in [0.25, 0.3) is 5.60 Å². The first-order valence-electron chi connectivity index (χ1n) is 5.70. The molecular formula is C11H16F6O3. The lowest BCUT2D eigenvalue weighted by Gasteiger charge is -2.43. The van der Waals surface area contributed by atoms with E-state index < -0.39 is 35.4 Å². The van der Waals surface area contributed by atoms with Gasteiger partial charge in [0.05, 0.1) is 5.92 Å². The van der Waals surface area contributed by atoms with Gasteiger partial charge in [-0.15, -0.1) is 0 Å². The van der Waals surface area contributed by atoms with Crippen LogP contribution in [-0.2, 0) is 9.53 Å². The molecule has 9 heteroatoms. The lowest BCUT2D eigenvalue weighted by molar-refractivity contribution is -0.407. The molecule has 3 nitrogen and oxygen atoms in total. The van der Waals surface area contributed by atoms with Crippen molar-refractivity contribution in [1.29, 1.82) is 0 Å². The van der Waals surface area contributed by atoms with Crippen molar-refractivity contribution in [1.82, 2.24) is 0 Å². The molecule has 0 aromatic carbocycles. The van der Waals surface area contributed by atoms with Crippen molar-refractivity contribution < 1.29 is 41.0 Å². The molecule has 0 unspecified atom stereocenters. The van der Waals surface area contributed by atoms with Crippen LogP contribution in [0, 0.1) is 5.92 Å². The van der Waals surface area contributed by atoms with Crippen LogP contribution in [-0.4, -0.2) is 34.6 Å². The van der Waals surface area contributed by atoms with E-state index in [-0.39, 0.29) is 6.42 Å². The zero-order valence-corrected chi connectivity index (χ0v) is 11.3. The highest BCUT2D eigenvalue weighted by molar-refractivity contribution is 5.72. The fourth-order valence-corrected chi connectivity index (χ4v) is 1.44. The van der Waals surface area contributed by atoms with Gasteiger partial charge in [0, 0.05) is 0 Å². The number of ether oxygens (including phenoxy) is 1. The quantitative estimate of drug-likeness (QED) is 0.640. The molecule has 0 saturated heterocycles. The first-order valence-corrected chi connectivity index (χ1v) is 5.70. The molecule has 20 heavy (non-hydrogen) atoms. The highest BCUT2D eigenvalue weighted by Crippen LogP contribution is 2.50. The summed E-state index contributed by atoms with van der Waals surface area (Å²) in [6.07, 6.45) is -11.9. The largest absolute Gasteiger partial charge is 0.456 e. The molecule has 0 bridgehead atoms. The predicted molar refractivity (Wildman–Crippen MR) is 56.7 cm³/mol. The van der Waals surface area contributed by atoms with Crippen molar-refractivity contribution in [2.45, 2.75) is 57.7 Å². The summed E-state index contributed by atoms with van der Waals surface area (Å²) < 4.78 is 80.3. The third-order valence-electron chi connectivity index (χ3n) is 3.06.